The van der Waals surface area contributed by atoms with Crippen LogP contribution in [0.4, 0.5) is 0 Å². The number of hydrogen-bond donors (Lipinski definition) is 5. The van der Waals surface area contributed by atoms with Gasteiger partial charge in [-0.05, 0) is 43.5 Å². The van der Waals surface area contributed by atoms with Crippen molar-refractivity contribution in [3.63, 3.8) is 0 Å². The van der Waals surface area contributed by atoms with Gasteiger partial charge in [0.05, 0.1) is 34.7 Å². The van der Waals surface area contributed by atoms with Gasteiger partial charge in [0.25, 0.3) is 5.56 Å². The van der Waals surface area contributed by atoms with Gasteiger partial charge in [-0.2, -0.15) is 11.8 Å². The van der Waals surface area contributed by atoms with Crippen molar-refractivity contribution in [3.8, 4) is 17.2 Å². The van der Waals surface area contributed by atoms with Gasteiger partial charge in [-0.25, -0.2) is 0 Å². The zero-order valence-electron chi connectivity index (χ0n) is 24.4. The van der Waals surface area contributed by atoms with Crippen LogP contribution in [0.3, 0.4) is 0 Å². The average molecular weight is 629 g/mol. The van der Waals surface area contributed by atoms with Crippen LogP contribution in [0.2, 0.25) is 0 Å². The minimum Gasteiger partial charge on any atom is -0.507 e. The molecule has 230 valence electrons. The number of aromatic hydroxyl groups is 3. The Kier molecular flexibility index (Phi) is 7.29. The topological polar surface area (TPSA) is 183 Å². The maximum Gasteiger partial charge on any atom is 0.260 e. The molecule has 0 amide bonds. The molecule has 3 aliphatic rings. The molecule has 1 spiro atoms. The smallest absolute Gasteiger partial charge is 0.260 e. The van der Waals surface area contributed by atoms with E-state index in [0.29, 0.717) is 28.9 Å². The second-order valence-corrected chi connectivity index (χ2v) is 12.2. The fourth-order valence-corrected chi connectivity index (χ4v) is 8.12. The highest BCUT2D eigenvalue weighted by Crippen LogP contribution is 2.59. The van der Waals surface area contributed by atoms with Crippen molar-refractivity contribution < 1.29 is 39.2 Å². The Hall–Kier alpha value is -4.94. The highest BCUT2D eigenvalue weighted by molar-refractivity contribution is 8.00. The number of aromatic amines is 1. The number of ketones is 4. The summed E-state index contributed by atoms with van der Waals surface area (Å²) < 4.78 is 4.97. The molecule has 1 aromatic heterocycles. The SMILES string of the molecule is C/C=C/C=C/c1cc2cc3c(c(O)c2c(=O)[nH]1)[C@@]1(C(=O)c2c(O)c4c(c(O)c2C1=O)C(=O)C(OC)=CC4=O)C(SCCNC)C3. The minimum atomic E-state index is -2.17. The van der Waals surface area contributed by atoms with Crippen molar-refractivity contribution >= 4 is 51.7 Å². The molecule has 45 heavy (non-hydrogen) atoms. The second kappa shape index (κ2) is 10.9. The monoisotopic (exact) mass is 628 g/mol. The number of rotatable bonds is 7. The Balaban J connectivity index is 1.63. The molecule has 12 heteroatoms. The number of carbonyl (C=O) groups is 4. The lowest BCUT2D eigenvalue weighted by Gasteiger charge is -2.29. The van der Waals surface area contributed by atoms with E-state index in [2.05, 4.69) is 10.3 Å². The van der Waals surface area contributed by atoms with Crippen molar-refractivity contribution in [2.75, 3.05) is 26.5 Å². The van der Waals surface area contributed by atoms with Crippen molar-refractivity contribution in [2.45, 2.75) is 24.0 Å². The Morgan fingerprint density at radius 3 is 2.33 bits per heavy atom. The van der Waals surface area contributed by atoms with Crippen LogP contribution in [-0.2, 0) is 16.6 Å². The van der Waals surface area contributed by atoms with E-state index in [9.17, 15) is 39.3 Å². The molecule has 0 saturated carbocycles. The summed E-state index contributed by atoms with van der Waals surface area (Å²) in [4.78, 5) is 71.4. The molecule has 2 atom stereocenters. The maximum absolute atomic E-state index is 14.6. The lowest BCUT2D eigenvalue weighted by Crippen LogP contribution is -2.45. The summed E-state index contributed by atoms with van der Waals surface area (Å²) in [7, 11) is 2.89. The van der Waals surface area contributed by atoms with Crippen LogP contribution in [0.25, 0.3) is 16.8 Å². The number of Topliss-reactive ketones (excluding diaryl/α,β-unsaturated/α-hetero) is 3. The summed E-state index contributed by atoms with van der Waals surface area (Å²) in [5, 5.41) is 36.9. The number of nitrogens with one attached hydrogen (secondary N) is 2. The first-order valence-electron chi connectivity index (χ1n) is 14.1. The Morgan fingerprint density at radius 2 is 1.69 bits per heavy atom. The third kappa shape index (κ3) is 4.05. The zero-order chi connectivity index (χ0) is 32.4. The van der Waals surface area contributed by atoms with E-state index >= 15 is 0 Å². The van der Waals surface area contributed by atoms with E-state index in [4.69, 9.17) is 4.74 Å². The predicted molar refractivity (Wildman–Crippen MR) is 168 cm³/mol. The summed E-state index contributed by atoms with van der Waals surface area (Å²) in [6, 6.07) is 3.32. The quantitative estimate of drug-likeness (QED) is 0.112. The highest BCUT2D eigenvalue weighted by Gasteiger charge is 2.66. The summed E-state index contributed by atoms with van der Waals surface area (Å²) in [6.45, 7) is 2.36. The number of hydrogen-bond acceptors (Lipinski definition) is 11. The number of H-pyrrole nitrogens is 1. The summed E-state index contributed by atoms with van der Waals surface area (Å²) in [5.74, 6) is -6.14. The number of allylic oxidation sites excluding steroid dienone is 5. The fraction of sp³-hybridized carbons (Fsp3) is 0.242. The molecule has 0 bridgehead atoms. The second-order valence-electron chi connectivity index (χ2n) is 10.9. The minimum absolute atomic E-state index is 0.101. The molecule has 0 saturated heterocycles. The number of phenolic OH excluding ortho intramolecular Hbond substituents is 3. The predicted octanol–water partition coefficient (Wildman–Crippen LogP) is 3.34. The lowest BCUT2D eigenvalue weighted by atomic mass is 9.75. The molecule has 0 fully saturated rings. The van der Waals surface area contributed by atoms with Gasteiger partial charge in [-0.3, -0.25) is 24.0 Å². The van der Waals surface area contributed by atoms with E-state index in [1.54, 1.807) is 37.4 Å². The normalized spacial score (nSPS) is 20.5. The molecule has 1 unspecified atom stereocenters. The van der Waals surface area contributed by atoms with Gasteiger partial charge in [-0.1, -0.05) is 24.3 Å². The fourth-order valence-electron chi connectivity index (χ4n) is 6.63. The van der Waals surface area contributed by atoms with Gasteiger partial charge in [0, 0.05) is 34.9 Å². The molecule has 0 aliphatic heterocycles. The molecule has 5 N–H and O–H groups in total. The van der Waals surface area contributed by atoms with E-state index in [1.807, 2.05) is 13.0 Å². The number of methoxy groups -OCH3 is 1. The van der Waals surface area contributed by atoms with Crippen LogP contribution in [0.15, 0.2) is 47.0 Å². The number of benzene rings is 2. The van der Waals surface area contributed by atoms with E-state index < -0.39 is 84.6 Å². The van der Waals surface area contributed by atoms with Crippen molar-refractivity contribution in [3.05, 3.63) is 91.6 Å². The van der Waals surface area contributed by atoms with Crippen molar-refractivity contribution in [1.29, 1.82) is 0 Å². The number of aromatic nitrogens is 1. The number of pyridine rings is 1. The number of thioether (sulfide) groups is 1. The number of carbonyl (C=O) groups excluding carboxylic acids is 4. The first kappa shape index (κ1) is 30.1. The molecular formula is C33H28N2O9S. The van der Waals surface area contributed by atoms with Crippen LogP contribution in [0.5, 0.6) is 17.2 Å². The third-order valence-electron chi connectivity index (χ3n) is 8.54. The van der Waals surface area contributed by atoms with Crippen LogP contribution >= 0.6 is 11.8 Å². The summed E-state index contributed by atoms with van der Waals surface area (Å²) in [6.07, 6.45) is 7.98. The zero-order valence-corrected chi connectivity index (χ0v) is 25.3. The van der Waals surface area contributed by atoms with Crippen LogP contribution in [0, 0.1) is 0 Å². The number of ether oxygens (including phenoxy) is 1. The summed E-state index contributed by atoms with van der Waals surface area (Å²) in [5.41, 5.74) is -4.53. The summed E-state index contributed by atoms with van der Waals surface area (Å²) >= 11 is 1.28. The Morgan fingerprint density at radius 1 is 1.00 bits per heavy atom. The van der Waals surface area contributed by atoms with E-state index in [-0.39, 0.29) is 17.4 Å². The molecule has 0 radical (unpaired) electrons. The standard InChI is InChI=1S/C33H28N2O9S/c1-4-5-6-7-16-11-14-10-15-12-19(45-9-8-34-2)33(25(15)29(40)20(14)32(43)35-16)30(41)23-24(31(33)42)28(39)22-21(27(23)38)17(36)13-18(44-3)26(22)37/h4-7,10-11,13,19,34,38-40H,8-9,12H2,1-3H3,(H,35,43)/b5-4+,7-6+/t19?,33-/m1/s1. The van der Waals surface area contributed by atoms with Crippen LogP contribution < -0.4 is 10.9 Å². The molecule has 3 aromatic rings. The van der Waals surface area contributed by atoms with Crippen LogP contribution in [-0.4, -0.2) is 75.1 Å². The van der Waals surface area contributed by atoms with Gasteiger partial charge >= 0.3 is 0 Å². The molecule has 3 aliphatic carbocycles. The van der Waals surface area contributed by atoms with Gasteiger partial charge < -0.3 is 30.4 Å². The molecular weight excluding hydrogens is 600 g/mol. The van der Waals surface area contributed by atoms with Crippen LogP contribution in [0.1, 0.15) is 65.2 Å². The van der Waals surface area contributed by atoms with Gasteiger partial charge in [0.15, 0.2) is 23.1 Å². The van der Waals surface area contributed by atoms with E-state index in [1.165, 1.54) is 11.8 Å². The first-order chi connectivity index (χ1) is 21.5. The Labute approximate surface area is 260 Å². The molecule has 2 aromatic carbocycles. The molecule has 1 heterocycles. The van der Waals surface area contributed by atoms with E-state index in [0.717, 1.165) is 13.2 Å². The maximum atomic E-state index is 14.6. The highest BCUT2D eigenvalue weighted by atomic mass is 32.2. The average Bonchev–Trinajstić information content (AvgIpc) is 3.45. The lowest BCUT2D eigenvalue weighted by molar-refractivity contribution is 0.0796. The van der Waals surface area contributed by atoms with Gasteiger partial charge in [-0.15, -0.1) is 0 Å². The number of fused-ring (bicyclic) bond motifs is 5. The van der Waals surface area contributed by atoms with Crippen molar-refractivity contribution in [1.82, 2.24) is 10.3 Å². The third-order valence-corrected chi connectivity index (χ3v) is 9.90. The van der Waals surface area contributed by atoms with Gasteiger partial charge in [0.2, 0.25) is 5.78 Å². The molecule has 11 nitrogen and oxygen atoms in total. The largest absolute Gasteiger partial charge is 0.507 e. The molecule has 6 rings (SSSR count). The number of phenols is 3. The Bertz CT molecular complexity index is 2040. The first-order valence-corrected chi connectivity index (χ1v) is 15.1. The van der Waals surface area contributed by atoms with Gasteiger partial charge in [0.1, 0.15) is 22.7 Å². The van der Waals surface area contributed by atoms with Crippen molar-refractivity contribution in [2.24, 2.45) is 0 Å².